The average molecular weight is 312 g/mol. The zero-order valence-corrected chi connectivity index (χ0v) is 12.0. The van der Waals surface area contributed by atoms with Crippen LogP contribution >= 0.6 is 15.9 Å². The number of ether oxygens (including phenoxy) is 1. The van der Waals surface area contributed by atoms with Crippen LogP contribution in [0.1, 0.15) is 12.0 Å². The van der Waals surface area contributed by atoms with Crippen molar-refractivity contribution in [2.24, 2.45) is 5.92 Å². The number of aliphatic hydroxyl groups excluding tert-OH is 1. The van der Waals surface area contributed by atoms with Gasteiger partial charge in [-0.25, -0.2) is 0 Å². The van der Waals surface area contributed by atoms with Gasteiger partial charge in [-0.2, -0.15) is 0 Å². The number of rotatable bonds is 5. The SMILES string of the molecule is COc1ccc(Br)cc1CN[C@@H]1C=C[C@H](CO)C1. The van der Waals surface area contributed by atoms with Crippen molar-refractivity contribution in [3.63, 3.8) is 0 Å². The molecule has 0 fully saturated rings. The minimum Gasteiger partial charge on any atom is -0.496 e. The molecule has 0 aliphatic heterocycles. The normalized spacial score (nSPS) is 22.4. The molecule has 0 saturated carbocycles. The largest absolute Gasteiger partial charge is 0.496 e. The number of hydrogen-bond donors (Lipinski definition) is 2. The lowest BCUT2D eigenvalue weighted by Gasteiger charge is -2.14. The molecule has 0 heterocycles. The summed E-state index contributed by atoms with van der Waals surface area (Å²) in [5.41, 5.74) is 1.13. The second-order valence-electron chi connectivity index (χ2n) is 4.51. The van der Waals surface area contributed by atoms with Gasteiger partial charge in [0, 0.05) is 35.1 Å². The molecular formula is C14H18BrNO2. The van der Waals surface area contributed by atoms with Crippen LogP contribution in [-0.2, 0) is 6.54 Å². The molecule has 0 radical (unpaired) electrons. The van der Waals surface area contributed by atoms with E-state index in [4.69, 9.17) is 9.84 Å². The Kier molecular flexibility index (Phi) is 4.80. The lowest BCUT2D eigenvalue weighted by atomic mass is 10.1. The highest BCUT2D eigenvalue weighted by atomic mass is 79.9. The van der Waals surface area contributed by atoms with Crippen molar-refractivity contribution in [3.8, 4) is 5.75 Å². The Labute approximate surface area is 116 Å². The van der Waals surface area contributed by atoms with Crippen molar-refractivity contribution in [2.75, 3.05) is 13.7 Å². The fourth-order valence-corrected chi connectivity index (χ4v) is 2.60. The van der Waals surface area contributed by atoms with Gasteiger partial charge >= 0.3 is 0 Å². The van der Waals surface area contributed by atoms with Crippen molar-refractivity contribution in [1.82, 2.24) is 5.32 Å². The summed E-state index contributed by atoms with van der Waals surface area (Å²) in [5.74, 6) is 1.19. The molecule has 0 spiro atoms. The first-order valence-corrected chi connectivity index (χ1v) is 6.87. The van der Waals surface area contributed by atoms with Crippen molar-refractivity contribution < 1.29 is 9.84 Å². The molecule has 0 unspecified atom stereocenters. The molecule has 0 amide bonds. The van der Waals surface area contributed by atoms with Crippen LogP contribution in [0.15, 0.2) is 34.8 Å². The zero-order chi connectivity index (χ0) is 13.0. The third kappa shape index (κ3) is 3.34. The average Bonchev–Trinajstić information content (AvgIpc) is 2.84. The first kappa shape index (κ1) is 13.6. The van der Waals surface area contributed by atoms with Gasteiger partial charge in [-0.15, -0.1) is 0 Å². The van der Waals surface area contributed by atoms with E-state index in [0.29, 0.717) is 12.0 Å². The van der Waals surface area contributed by atoms with Gasteiger partial charge in [-0.1, -0.05) is 28.1 Å². The predicted molar refractivity (Wildman–Crippen MR) is 75.7 cm³/mol. The van der Waals surface area contributed by atoms with Gasteiger partial charge in [-0.3, -0.25) is 0 Å². The molecule has 0 saturated heterocycles. The Morgan fingerprint density at radius 3 is 2.94 bits per heavy atom. The third-order valence-corrected chi connectivity index (χ3v) is 3.70. The topological polar surface area (TPSA) is 41.5 Å². The molecule has 1 aromatic carbocycles. The minimum absolute atomic E-state index is 0.231. The molecule has 98 valence electrons. The summed E-state index contributed by atoms with van der Waals surface area (Å²) in [6, 6.07) is 6.33. The molecule has 2 atom stereocenters. The molecule has 4 heteroatoms. The van der Waals surface area contributed by atoms with Crippen LogP contribution in [-0.4, -0.2) is 24.9 Å². The van der Waals surface area contributed by atoms with Gasteiger partial charge in [0.05, 0.1) is 7.11 Å². The van der Waals surface area contributed by atoms with E-state index in [1.807, 2.05) is 12.1 Å². The van der Waals surface area contributed by atoms with Crippen LogP contribution < -0.4 is 10.1 Å². The van der Waals surface area contributed by atoms with Crippen LogP contribution in [0.25, 0.3) is 0 Å². The summed E-state index contributed by atoms with van der Waals surface area (Å²) in [4.78, 5) is 0. The molecule has 0 bridgehead atoms. The van der Waals surface area contributed by atoms with Crippen LogP contribution in [0, 0.1) is 5.92 Å². The molecule has 3 nitrogen and oxygen atoms in total. The van der Waals surface area contributed by atoms with E-state index in [-0.39, 0.29) is 6.61 Å². The molecule has 2 N–H and O–H groups in total. The maximum absolute atomic E-state index is 9.08. The maximum atomic E-state index is 9.08. The molecule has 18 heavy (non-hydrogen) atoms. The number of aliphatic hydroxyl groups is 1. The minimum atomic E-state index is 0.231. The molecule has 1 aliphatic carbocycles. The molecule has 1 aromatic rings. The highest BCUT2D eigenvalue weighted by Crippen LogP contribution is 2.24. The summed E-state index contributed by atoms with van der Waals surface area (Å²) < 4.78 is 6.39. The molecular weight excluding hydrogens is 294 g/mol. The number of halogens is 1. The van der Waals surface area contributed by atoms with E-state index >= 15 is 0 Å². The Bertz CT molecular complexity index is 434. The molecule has 1 aliphatic rings. The van der Waals surface area contributed by atoms with Gasteiger partial charge in [-0.05, 0) is 24.6 Å². The number of benzene rings is 1. The number of nitrogens with one attached hydrogen (secondary N) is 1. The van der Waals surface area contributed by atoms with Gasteiger partial charge in [0.15, 0.2) is 0 Å². The van der Waals surface area contributed by atoms with E-state index in [1.54, 1.807) is 7.11 Å². The van der Waals surface area contributed by atoms with Crippen molar-refractivity contribution in [1.29, 1.82) is 0 Å². The van der Waals surface area contributed by atoms with Crippen LogP contribution in [0.3, 0.4) is 0 Å². The van der Waals surface area contributed by atoms with E-state index in [0.717, 1.165) is 28.8 Å². The van der Waals surface area contributed by atoms with Crippen LogP contribution in [0.4, 0.5) is 0 Å². The highest BCUT2D eigenvalue weighted by molar-refractivity contribution is 9.10. The third-order valence-electron chi connectivity index (χ3n) is 3.20. The molecule has 0 aromatic heterocycles. The van der Waals surface area contributed by atoms with E-state index in [9.17, 15) is 0 Å². The summed E-state index contributed by atoms with van der Waals surface area (Å²) in [6.07, 6.45) is 5.17. The number of hydrogen-bond acceptors (Lipinski definition) is 3. The highest BCUT2D eigenvalue weighted by Gasteiger charge is 2.17. The van der Waals surface area contributed by atoms with E-state index in [2.05, 4.69) is 39.5 Å². The van der Waals surface area contributed by atoms with Gasteiger partial charge in [0.1, 0.15) is 5.75 Å². The predicted octanol–water partition coefficient (Wildman–Crippen LogP) is 2.48. The van der Waals surface area contributed by atoms with Gasteiger partial charge < -0.3 is 15.2 Å². The van der Waals surface area contributed by atoms with Crippen molar-refractivity contribution in [3.05, 3.63) is 40.4 Å². The zero-order valence-electron chi connectivity index (χ0n) is 10.4. The maximum Gasteiger partial charge on any atom is 0.123 e. The van der Waals surface area contributed by atoms with Crippen LogP contribution in [0.2, 0.25) is 0 Å². The lowest BCUT2D eigenvalue weighted by Crippen LogP contribution is -2.26. The lowest BCUT2D eigenvalue weighted by molar-refractivity contribution is 0.246. The standard InChI is InChI=1S/C14H18BrNO2/c1-18-14-5-3-12(15)7-11(14)8-16-13-4-2-10(6-13)9-17/h2-5,7,10,13,16-17H,6,8-9H2,1H3/t10-,13+/m0/s1. The first-order chi connectivity index (χ1) is 8.72. The Balaban J connectivity index is 1.94. The summed E-state index contributed by atoms with van der Waals surface area (Å²) in [6.45, 7) is 0.991. The van der Waals surface area contributed by atoms with Crippen LogP contribution in [0.5, 0.6) is 5.75 Å². The molecule has 2 rings (SSSR count). The Morgan fingerprint density at radius 2 is 2.28 bits per heavy atom. The summed E-state index contributed by atoms with van der Waals surface area (Å²) >= 11 is 3.47. The second-order valence-corrected chi connectivity index (χ2v) is 5.42. The van der Waals surface area contributed by atoms with E-state index < -0.39 is 0 Å². The van der Waals surface area contributed by atoms with Gasteiger partial charge in [0.25, 0.3) is 0 Å². The van der Waals surface area contributed by atoms with Gasteiger partial charge in [0.2, 0.25) is 0 Å². The number of methoxy groups -OCH3 is 1. The monoisotopic (exact) mass is 311 g/mol. The smallest absolute Gasteiger partial charge is 0.123 e. The second kappa shape index (κ2) is 6.36. The summed E-state index contributed by atoms with van der Waals surface area (Å²) in [5, 5.41) is 12.5. The summed E-state index contributed by atoms with van der Waals surface area (Å²) in [7, 11) is 1.68. The quantitative estimate of drug-likeness (QED) is 0.821. The first-order valence-electron chi connectivity index (χ1n) is 6.08. The Morgan fingerprint density at radius 1 is 1.44 bits per heavy atom. The van der Waals surface area contributed by atoms with E-state index in [1.165, 1.54) is 0 Å². The van der Waals surface area contributed by atoms with Crippen molar-refractivity contribution >= 4 is 15.9 Å². The van der Waals surface area contributed by atoms with Crippen molar-refractivity contribution in [2.45, 2.75) is 19.0 Å². The fourth-order valence-electron chi connectivity index (χ4n) is 2.19. The fraction of sp³-hybridized carbons (Fsp3) is 0.429. The Hall–Kier alpha value is -0.840.